The number of rotatable bonds is 2. The van der Waals surface area contributed by atoms with Crippen molar-refractivity contribution in [1.29, 1.82) is 0 Å². The van der Waals surface area contributed by atoms with Crippen molar-refractivity contribution >= 4 is 49.0 Å². The highest BCUT2D eigenvalue weighted by molar-refractivity contribution is 6.26. The van der Waals surface area contributed by atoms with E-state index in [9.17, 15) is 0 Å². The third-order valence-electron chi connectivity index (χ3n) is 7.73. The summed E-state index contributed by atoms with van der Waals surface area (Å²) in [5.74, 6) is 0. The molecule has 0 atom stereocenters. The van der Waals surface area contributed by atoms with Crippen molar-refractivity contribution in [3.63, 3.8) is 0 Å². The zero-order chi connectivity index (χ0) is 24.8. The van der Waals surface area contributed by atoms with E-state index in [1.165, 1.54) is 71.3 Å². The lowest BCUT2D eigenvalue weighted by molar-refractivity contribution is -0.643. The molecule has 3 aromatic heterocycles. The zero-order valence-electron chi connectivity index (χ0n) is 21.7. The predicted molar refractivity (Wildman–Crippen MR) is 153 cm³/mol. The average Bonchev–Trinajstić information content (AvgIpc) is 3.18. The molecule has 0 unspecified atom stereocenters. The Balaban J connectivity index is 1.72. The van der Waals surface area contributed by atoms with Gasteiger partial charge >= 0.3 is 0 Å². The number of aryl methyl sites for hydroxylation is 2. The van der Waals surface area contributed by atoms with Crippen LogP contribution >= 0.6 is 0 Å². The van der Waals surface area contributed by atoms with E-state index < -0.39 is 0 Å². The van der Waals surface area contributed by atoms with E-state index in [1.54, 1.807) is 0 Å². The largest absolute Gasteiger partial charge is 0.307 e. The van der Waals surface area contributed by atoms with Crippen LogP contribution in [0.4, 0.5) is 0 Å². The van der Waals surface area contributed by atoms with Crippen molar-refractivity contribution in [3.8, 4) is 11.1 Å². The first-order valence-electron chi connectivity index (χ1n) is 12.9. The lowest BCUT2D eigenvalue weighted by Crippen LogP contribution is -2.29. The van der Waals surface area contributed by atoms with E-state index in [0.29, 0.717) is 0 Å². The quantitative estimate of drug-likeness (QED) is 0.137. The third kappa shape index (κ3) is 3.00. The molecule has 7 rings (SSSR count). The minimum Gasteiger partial charge on any atom is -0.307 e. The molecule has 0 saturated heterocycles. The van der Waals surface area contributed by atoms with Crippen molar-refractivity contribution in [3.05, 3.63) is 96.2 Å². The zero-order valence-corrected chi connectivity index (χ0v) is 21.7. The molecule has 0 aliphatic heterocycles. The van der Waals surface area contributed by atoms with Crippen molar-refractivity contribution in [2.75, 3.05) is 0 Å². The fourth-order valence-corrected chi connectivity index (χ4v) is 6.30. The molecule has 36 heavy (non-hydrogen) atoms. The molecule has 0 bridgehead atoms. The molecule has 0 saturated carbocycles. The summed E-state index contributed by atoms with van der Waals surface area (Å²) in [5, 5.41) is 6.67. The number of pyridine rings is 2. The predicted octanol–water partition coefficient (Wildman–Crippen LogP) is 8.38. The van der Waals surface area contributed by atoms with E-state index in [1.807, 2.05) is 0 Å². The summed E-state index contributed by atoms with van der Waals surface area (Å²) in [4.78, 5) is 0. The monoisotopic (exact) mass is 467 g/mol. The van der Waals surface area contributed by atoms with Gasteiger partial charge in [-0.15, -0.1) is 0 Å². The first-order valence-corrected chi connectivity index (χ1v) is 12.9. The maximum atomic E-state index is 2.54. The fraction of sp³-hybridized carbons (Fsp3) is 0.206. The van der Waals surface area contributed by atoms with Gasteiger partial charge in [0.2, 0.25) is 5.52 Å². The molecule has 7 aromatic rings. The lowest BCUT2D eigenvalue weighted by atomic mass is 9.87. The molecule has 0 aliphatic carbocycles. The van der Waals surface area contributed by atoms with Crippen LogP contribution in [0.5, 0.6) is 0 Å². The van der Waals surface area contributed by atoms with Gasteiger partial charge in [-0.2, -0.15) is 0 Å². The highest BCUT2D eigenvalue weighted by atomic mass is 15.0. The smallest absolute Gasteiger partial charge is 0.224 e. The van der Waals surface area contributed by atoms with Crippen LogP contribution in [0.2, 0.25) is 0 Å². The minimum atomic E-state index is 0.227. The summed E-state index contributed by atoms with van der Waals surface area (Å²) in [5.41, 5.74) is 10.7. The molecule has 0 radical (unpaired) electrons. The van der Waals surface area contributed by atoms with Gasteiger partial charge in [0.05, 0.1) is 27.3 Å². The first kappa shape index (κ1) is 21.4. The Morgan fingerprint density at radius 2 is 1.56 bits per heavy atom. The van der Waals surface area contributed by atoms with Gasteiger partial charge in [0, 0.05) is 16.8 Å². The van der Waals surface area contributed by atoms with Crippen LogP contribution in [0, 0.1) is 12.3 Å². The maximum Gasteiger partial charge on any atom is 0.224 e. The van der Waals surface area contributed by atoms with Gasteiger partial charge in [-0.05, 0) is 64.6 Å². The molecule has 3 heterocycles. The highest BCUT2D eigenvalue weighted by Gasteiger charge is 2.25. The topological polar surface area (TPSA) is 8.29 Å². The van der Waals surface area contributed by atoms with E-state index in [2.05, 4.69) is 129 Å². The van der Waals surface area contributed by atoms with Crippen molar-refractivity contribution < 1.29 is 4.57 Å². The van der Waals surface area contributed by atoms with Gasteiger partial charge in [-0.25, -0.2) is 4.57 Å². The second-order valence-electron chi connectivity index (χ2n) is 11.7. The van der Waals surface area contributed by atoms with Crippen molar-refractivity contribution in [1.82, 2.24) is 4.40 Å². The average molecular weight is 468 g/mol. The SMILES string of the molecule is Cc1ccc2c3cc(-c4ccccc4)ccc3n3c4cc(CC(C)(C)C)cc5cc[n+](C)c(c1c23)c54. The van der Waals surface area contributed by atoms with Crippen LogP contribution in [0.3, 0.4) is 0 Å². The highest BCUT2D eigenvalue weighted by Crippen LogP contribution is 2.42. The van der Waals surface area contributed by atoms with E-state index in [-0.39, 0.29) is 5.41 Å². The molecule has 0 fully saturated rings. The Labute approximate surface area is 211 Å². The number of benzene rings is 4. The van der Waals surface area contributed by atoms with Crippen LogP contribution in [0.15, 0.2) is 85.1 Å². The third-order valence-corrected chi connectivity index (χ3v) is 7.73. The van der Waals surface area contributed by atoms with Crippen LogP contribution in [-0.4, -0.2) is 4.40 Å². The Morgan fingerprint density at radius 1 is 0.750 bits per heavy atom. The first-order chi connectivity index (χ1) is 17.3. The molecular weight excluding hydrogens is 436 g/mol. The summed E-state index contributed by atoms with van der Waals surface area (Å²) in [6.45, 7) is 9.23. The number of hydrogen-bond donors (Lipinski definition) is 0. The van der Waals surface area contributed by atoms with Gasteiger partial charge in [0.1, 0.15) is 7.05 Å². The Kier molecular flexibility index (Phi) is 4.34. The summed E-state index contributed by atoms with van der Waals surface area (Å²) in [6, 6.07) is 29.5. The second-order valence-corrected chi connectivity index (χ2v) is 11.7. The van der Waals surface area contributed by atoms with Crippen molar-refractivity contribution in [2.45, 2.75) is 34.1 Å². The van der Waals surface area contributed by atoms with Crippen LogP contribution in [0.25, 0.3) is 60.1 Å². The molecule has 0 aliphatic rings. The van der Waals surface area contributed by atoms with Crippen LogP contribution < -0.4 is 4.57 Å². The van der Waals surface area contributed by atoms with E-state index in [0.717, 1.165) is 6.42 Å². The maximum absolute atomic E-state index is 2.54. The second kappa shape index (κ2) is 7.30. The van der Waals surface area contributed by atoms with Gasteiger partial charge in [0.15, 0.2) is 6.20 Å². The van der Waals surface area contributed by atoms with E-state index >= 15 is 0 Å². The molecule has 0 amide bonds. The number of fused-ring (bicyclic) bond motifs is 5. The molecular formula is C34H31N2+. The van der Waals surface area contributed by atoms with E-state index in [4.69, 9.17) is 0 Å². The fourth-order valence-electron chi connectivity index (χ4n) is 6.30. The molecule has 176 valence electrons. The van der Waals surface area contributed by atoms with Gasteiger partial charge < -0.3 is 4.40 Å². The summed E-state index contributed by atoms with van der Waals surface area (Å²) < 4.78 is 4.86. The summed E-state index contributed by atoms with van der Waals surface area (Å²) in [7, 11) is 2.19. The Morgan fingerprint density at radius 3 is 2.33 bits per heavy atom. The summed E-state index contributed by atoms with van der Waals surface area (Å²) >= 11 is 0. The normalized spacial score (nSPS) is 12.7. The van der Waals surface area contributed by atoms with Gasteiger partial charge in [-0.3, -0.25) is 0 Å². The van der Waals surface area contributed by atoms with Gasteiger partial charge in [0.25, 0.3) is 0 Å². The Hall–Kier alpha value is -3.91. The Bertz CT molecular complexity index is 1950. The number of aromatic nitrogens is 2. The summed E-state index contributed by atoms with van der Waals surface area (Å²) in [6.07, 6.45) is 3.28. The van der Waals surface area contributed by atoms with Crippen LogP contribution in [-0.2, 0) is 13.5 Å². The number of nitrogens with zero attached hydrogens (tertiary/aromatic N) is 2. The van der Waals surface area contributed by atoms with Crippen LogP contribution in [0.1, 0.15) is 31.9 Å². The molecule has 0 N–H and O–H groups in total. The minimum absolute atomic E-state index is 0.227. The number of hydrogen-bond acceptors (Lipinski definition) is 0. The molecule has 4 aromatic carbocycles. The lowest BCUT2D eigenvalue weighted by Gasteiger charge is -2.20. The molecule has 0 spiro atoms. The molecule has 2 nitrogen and oxygen atoms in total. The van der Waals surface area contributed by atoms with Crippen molar-refractivity contribution in [2.24, 2.45) is 12.5 Å². The standard InChI is InChI=1S/C34H31N2/c1-21-11-13-26-27-19-24(23-9-7-6-8-10-23)12-14-28(27)36-29-18-22(20-34(2,3)4)17-25-15-16-35(5)33(31(25)29)30(21)32(26)36/h6-19H,20H2,1-5H3/q+1. The van der Waals surface area contributed by atoms with Gasteiger partial charge in [-0.1, -0.05) is 75.4 Å². The molecule has 2 heteroatoms.